The standard InChI is InChI=1S/C26H22N2O5S/c1-28-20-13-18(25(29)27-14-17-6-8-21-22(11-17)33-15-32-21)7-9-23(20)34-24(26(28)30)12-16-4-3-5-19(10-16)31-2/h3-13H,14-15H2,1-2H3,(H,27,29). The van der Waals surface area contributed by atoms with E-state index in [4.69, 9.17) is 14.2 Å². The average Bonchev–Trinajstić information content (AvgIpc) is 3.33. The van der Waals surface area contributed by atoms with Crippen molar-refractivity contribution in [1.29, 1.82) is 0 Å². The summed E-state index contributed by atoms with van der Waals surface area (Å²) in [6.45, 7) is 0.560. The third-order valence-corrected chi connectivity index (χ3v) is 6.68. The summed E-state index contributed by atoms with van der Waals surface area (Å²) in [7, 11) is 3.33. The van der Waals surface area contributed by atoms with Crippen LogP contribution in [0.15, 0.2) is 70.5 Å². The number of ether oxygens (including phenoxy) is 3. The number of hydrogen-bond acceptors (Lipinski definition) is 6. The molecule has 0 saturated heterocycles. The number of hydrogen-bond donors (Lipinski definition) is 1. The number of methoxy groups -OCH3 is 1. The third kappa shape index (κ3) is 4.32. The van der Waals surface area contributed by atoms with Gasteiger partial charge in [0.1, 0.15) is 5.75 Å². The Morgan fingerprint density at radius 3 is 2.82 bits per heavy atom. The summed E-state index contributed by atoms with van der Waals surface area (Å²) in [6.07, 6.45) is 1.85. The van der Waals surface area contributed by atoms with Gasteiger partial charge in [0, 0.05) is 24.1 Å². The maximum Gasteiger partial charge on any atom is 0.264 e. The number of nitrogens with one attached hydrogen (secondary N) is 1. The number of likely N-dealkylation sites (N-methyl/N-ethyl adjacent to an activating group) is 1. The fourth-order valence-electron chi connectivity index (χ4n) is 3.75. The normalized spacial score (nSPS) is 15.3. The van der Waals surface area contributed by atoms with Crippen molar-refractivity contribution >= 4 is 35.3 Å². The van der Waals surface area contributed by atoms with Gasteiger partial charge in [-0.2, -0.15) is 0 Å². The number of carbonyl (C=O) groups is 2. The van der Waals surface area contributed by atoms with Gasteiger partial charge in [-0.15, -0.1) is 0 Å². The van der Waals surface area contributed by atoms with Gasteiger partial charge in [0.2, 0.25) is 6.79 Å². The minimum atomic E-state index is -0.218. The fraction of sp³-hybridized carbons (Fsp3) is 0.154. The lowest BCUT2D eigenvalue weighted by molar-refractivity contribution is -0.114. The molecule has 0 atom stereocenters. The second-order valence-corrected chi connectivity index (χ2v) is 8.89. The highest BCUT2D eigenvalue weighted by Gasteiger charge is 2.27. The Bertz CT molecular complexity index is 1320. The number of benzene rings is 3. The van der Waals surface area contributed by atoms with Crippen LogP contribution in [0.2, 0.25) is 0 Å². The van der Waals surface area contributed by atoms with E-state index in [1.165, 1.54) is 11.8 Å². The van der Waals surface area contributed by atoms with Crippen molar-refractivity contribution in [2.45, 2.75) is 11.4 Å². The Kier molecular flexibility index (Phi) is 5.90. The van der Waals surface area contributed by atoms with Crippen molar-refractivity contribution in [3.63, 3.8) is 0 Å². The molecule has 2 amide bonds. The first-order valence-corrected chi connectivity index (χ1v) is 11.5. The molecule has 0 fully saturated rings. The summed E-state index contributed by atoms with van der Waals surface area (Å²) in [5, 5.41) is 2.92. The van der Waals surface area contributed by atoms with Crippen LogP contribution < -0.4 is 24.4 Å². The summed E-state index contributed by atoms with van der Waals surface area (Å²) < 4.78 is 16.0. The molecule has 0 bridgehead atoms. The summed E-state index contributed by atoms with van der Waals surface area (Å²) in [5.41, 5.74) is 2.98. The van der Waals surface area contributed by atoms with Crippen LogP contribution >= 0.6 is 11.8 Å². The number of amides is 2. The van der Waals surface area contributed by atoms with E-state index in [1.807, 2.05) is 54.6 Å². The Morgan fingerprint density at radius 2 is 1.97 bits per heavy atom. The van der Waals surface area contributed by atoms with Gasteiger partial charge < -0.3 is 24.4 Å². The number of fused-ring (bicyclic) bond motifs is 2. The highest BCUT2D eigenvalue weighted by molar-refractivity contribution is 8.04. The van der Waals surface area contributed by atoms with Gasteiger partial charge in [-0.05, 0) is 59.7 Å². The molecule has 3 aromatic rings. The van der Waals surface area contributed by atoms with E-state index < -0.39 is 0 Å². The molecule has 2 aliphatic heterocycles. The van der Waals surface area contributed by atoms with E-state index in [9.17, 15) is 9.59 Å². The second-order valence-electron chi connectivity index (χ2n) is 7.80. The molecule has 0 radical (unpaired) electrons. The highest BCUT2D eigenvalue weighted by Crippen LogP contribution is 2.42. The van der Waals surface area contributed by atoms with E-state index in [2.05, 4.69) is 5.32 Å². The molecule has 0 saturated carbocycles. The van der Waals surface area contributed by atoms with Crippen LogP contribution in [0.4, 0.5) is 5.69 Å². The molecule has 2 heterocycles. The molecule has 7 nitrogen and oxygen atoms in total. The molecular weight excluding hydrogens is 452 g/mol. The number of nitrogens with zero attached hydrogens (tertiary/aromatic N) is 1. The second kappa shape index (κ2) is 9.15. The van der Waals surface area contributed by atoms with Crippen LogP contribution in [-0.4, -0.2) is 32.8 Å². The van der Waals surface area contributed by atoms with E-state index in [0.29, 0.717) is 34.2 Å². The number of thioether (sulfide) groups is 1. The first-order valence-electron chi connectivity index (χ1n) is 10.6. The molecule has 172 valence electrons. The van der Waals surface area contributed by atoms with Gasteiger partial charge >= 0.3 is 0 Å². The van der Waals surface area contributed by atoms with Gasteiger partial charge in [-0.25, -0.2) is 0 Å². The monoisotopic (exact) mass is 474 g/mol. The smallest absolute Gasteiger partial charge is 0.264 e. The van der Waals surface area contributed by atoms with Crippen LogP contribution in [0, 0.1) is 0 Å². The topological polar surface area (TPSA) is 77.1 Å². The molecule has 1 N–H and O–H groups in total. The highest BCUT2D eigenvalue weighted by atomic mass is 32.2. The predicted octanol–water partition coefficient (Wildman–Crippen LogP) is 4.46. The van der Waals surface area contributed by atoms with Crippen molar-refractivity contribution in [2.24, 2.45) is 0 Å². The molecule has 3 aromatic carbocycles. The molecule has 0 unspecified atom stereocenters. The lowest BCUT2D eigenvalue weighted by Crippen LogP contribution is -2.31. The predicted molar refractivity (Wildman–Crippen MR) is 130 cm³/mol. The third-order valence-electron chi connectivity index (χ3n) is 5.60. The lowest BCUT2D eigenvalue weighted by Gasteiger charge is -2.27. The van der Waals surface area contributed by atoms with Gasteiger partial charge in [0.15, 0.2) is 11.5 Å². The molecule has 8 heteroatoms. The van der Waals surface area contributed by atoms with Crippen LogP contribution in [0.3, 0.4) is 0 Å². The molecule has 34 heavy (non-hydrogen) atoms. The van der Waals surface area contributed by atoms with Crippen molar-refractivity contribution in [3.05, 3.63) is 82.3 Å². The van der Waals surface area contributed by atoms with Crippen molar-refractivity contribution < 1.29 is 23.8 Å². The first kappa shape index (κ1) is 21.9. The Balaban J connectivity index is 1.32. The van der Waals surface area contributed by atoms with Crippen LogP contribution in [0.5, 0.6) is 17.2 Å². The zero-order valence-corrected chi connectivity index (χ0v) is 19.5. The van der Waals surface area contributed by atoms with Crippen LogP contribution in [0.25, 0.3) is 6.08 Å². The average molecular weight is 475 g/mol. The lowest BCUT2D eigenvalue weighted by atomic mass is 10.1. The summed E-state index contributed by atoms with van der Waals surface area (Å²) in [6, 6.07) is 18.5. The van der Waals surface area contributed by atoms with Gasteiger partial charge in [-0.3, -0.25) is 9.59 Å². The van der Waals surface area contributed by atoms with Crippen molar-refractivity contribution in [2.75, 3.05) is 25.9 Å². The van der Waals surface area contributed by atoms with Crippen molar-refractivity contribution in [3.8, 4) is 17.2 Å². The first-order chi connectivity index (χ1) is 16.5. The molecule has 0 aromatic heterocycles. The zero-order chi connectivity index (χ0) is 23.7. The van der Waals surface area contributed by atoms with E-state index in [0.717, 1.165) is 21.8 Å². The zero-order valence-electron chi connectivity index (χ0n) is 18.7. The van der Waals surface area contributed by atoms with E-state index in [-0.39, 0.29) is 18.6 Å². The van der Waals surface area contributed by atoms with Gasteiger partial charge in [0.05, 0.1) is 17.7 Å². The molecule has 0 spiro atoms. The molecule has 0 aliphatic carbocycles. The Morgan fingerprint density at radius 1 is 1.12 bits per heavy atom. The number of carbonyl (C=O) groups excluding carboxylic acids is 2. The fourth-order valence-corrected chi connectivity index (χ4v) is 4.85. The van der Waals surface area contributed by atoms with E-state index >= 15 is 0 Å². The van der Waals surface area contributed by atoms with Gasteiger partial charge in [0.25, 0.3) is 11.8 Å². The minimum absolute atomic E-state index is 0.127. The Hall–Kier alpha value is -3.91. The van der Waals surface area contributed by atoms with E-state index in [1.54, 1.807) is 31.2 Å². The summed E-state index contributed by atoms with van der Waals surface area (Å²) in [5.74, 6) is 1.76. The van der Waals surface area contributed by atoms with Crippen molar-refractivity contribution in [1.82, 2.24) is 5.32 Å². The Labute approximate surface area is 201 Å². The quantitative estimate of drug-likeness (QED) is 0.550. The SMILES string of the molecule is COc1cccc(C=C2Sc3ccc(C(=O)NCc4ccc5c(c4)OCO5)cc3N(C)C2=O)c1. The van der Waals surface area contributed by atoms with Crippen LogP contribution in [0.1, 0.15) is 21.5 Å². The van der Waals surface area contributed by atoms with Crippen LogP contribution in [-0.2, 0) is 11.3 Å². The maximum atomic E-state index is 13.0. The number of anilines is 1. The van der Waals surface area contributed by atoms with Gasteiger partial charge in [-0.1, -0.05) is 30.0 Å². The molecule has 2 aliphatic rings. The largest absolute Gasteiger partial charge is 0.497 e. The maximum absolute atomic E-state index is 13.0. The molecular formula is C26H22N2O5S. The summed E-state index contributed by atoms with van der Waals surface area (Å²) in [4.78, 5) is 28.9. The number of rotatable bonds is 5. The molecule has 5 rings (SSSR count). The minimum Gasteiger partial charge on any atom is -0.497 e. The summed E-state index contributed by atoms with van der Waals surface area (Å²) >= 11 is 1.39.